The van der Waals surface area contributed by atoms with Gasteiger partial charge in [-0.15, -0.1) is 11.8 Å². The zero-order valence-corrected chi connectivity index (χ0v) is 17.6. The van der Waals surface area contributed by atoms with E-state index in [0.717, 1.165) is 49.1 Å². The number of likely N-dealkylation sites (tertiary alicyclic amines) is 1. The molecule has 3 amide bonds. The van der Waals surface area contributed by atoms with Crippen molar-refractivity contribution in [1.29, 1.82) is 0 Å². The van der Waals surface area contributed by atoms with Gasteiger partial charge in [0.2, 0.25) is 11.8 Å². The van der Waals surface area contributed by atoms with E-state index < -0.39 is 5.25 Å². The topological polar surface area (TPSA) is 69.7 Å². The molecule has 0 unspecified atom stereocenters. The van der Waals surface area contributed by atoms with Gasteiger partial charge in [0.05, 0.1) is 5.69 Å². The predicted molar refractivity (Wildman–Crippen MR) is 114 cm³/mol. The molecule has 4 rings (SSSR count). The molecule has 1 aliphatic carbocycles. The quantitative estimate of drug-likeness (QED) is 0.606. The fourth-order valence-electron chi connectivity index (χ4n) is 4.48. The Morgan fingerprint density at radius 2 is 1.69 bits per heavy atom. The van der Waals surface area contributed by atoms with E-state index in [-0.39, 0.29) is 30.3 Å². The number of para-hydroxylation sites is 1. The van der Waals surface area contributed by atoms with E-state index in [2.05, 4.69) is 5.32 Å². The molecule has 7 heteroatoms. The molecule has 0 bridgehead atoms. The van der Waals surface area contributed by atoms with Crippen LogP contribution < -0.4 is 10.2 Å². The number of thioether (sulfide) groups is 1. The summed E-state index contributed by atoms with van der Waals surface area (Å²) in [6, 6.07) is 7.74. The van der Waals surface area contributed by atoms with Crippen LogP contribution in [-0.2, 0) is 14.4 Å². The zero-order chi connectivity index (χ0) is 20.2. The van der Waals surface area contributed by atoms with Crippen molar-refractivity contribution in [3.63, 3.8) is 0 Å². The van der Waals surface area contributed by atoms with Crippen LogP contribution in [0.4, 0.5) is 5.69 Å². The molecule has 6 nitrogen and oxygen atoms in total. The van der Waals surface area contributed by atoms with Crippen molar-refractivity contribution in [2.45, 2.75) is 67.6 Å². The number of carbonyl (C=O) groups is 3. The standard InChI is InChI=1S/C22H29N3O3S/c26-19(23-16-9-3-1-2-4-10-16)15-25-17-11-5-6-12-18(17)29-20(22(25)28)21(27)24-13-7-8-14-24/h5-6,11-12,16,20H,1-4,7-10,13-15H2,(H,23,26)/t20-/m0/s1. The predicted octanol–water partition coefficient (Wildman–Crippen LogP) is 2.96. The molecule has 3 aliphatic rings. The van der Waals surface area contributed by atoms with Crippen LogP contribution >= 0.6 is 11.8 Å². The lowest BCUT2D eigenvalue weighted by Gasteiger charge is -2.34. The number of fused-ring (bicyclic) bond motifs is 1. The molecule has 1 aromatic carbocycles. The summed E-state index contributed by atoms with van der Waals surface area (Å²) < 4.78 is 0. The summed E-state index contributed by atoms with van der Waals surface area (Å²) in [5, 5.41) is 2.32. The highest BCUT2D eigenvalue weighted by atomic mass is 32.2. The second-order valence-corrected chi connectivity index (χ2v) is 9.33. The van der Waals surface area contributed by atoms with E-state index in [4.69, 9.17) is 0 Å². The average Bonchev–Trinajstić information content (AvgIpc) is 3.15. The summed E-state index contributed by atoms with van der Waals surface area (Å²) in [5.41, 5.74) is 0.726. The van der Waals surface area contributed by atoms with Gasteiger partial charge in [-0.1, -0.05) is 37.8 Å². The molecule has 0 spiro atoms. The summed E-state index contributed by atoms with van der Waals surface area (Å²) in [4.78, 5) is 43.2. The molecule has 2 fully saturated rings. The summed E-state index contributed by atoms with van der Waals surface area (Å²) in [7, 11) is 0. The van der Waals surface area contributed by atoms with Crippen molar-refractivity contribution in [2.24, 2.45) is 0 Å². The maximum absolute atomic E-state index is 13.2. The number of amides is 3. The van der Waals surface area contributed by atoms with Crippen LogP contribution in [0.2, 0.25) is 0 Å². The molecule has 1 saturated heterocycles. The third-order valence-corrected chi connectivity index (χ3v) is 7.29. The summed E-state index contributed by atoms with van der Waals surface area (Å²) in [5.74, 6) is -0.540. The number of hydrogen-bond acceptors (Lipinski definition) is 4. The van der Waals surface area contributed by atoms with Crippen LogP contribution in [0.3, 0.4) is 0 Å². The molecule has 156 valence electrons. The molecule has 1 saturated carbocycles. The molecular formula is C22H29N3O3S. The lowest BCUT2D eigenvalue weighted by atomic mass is 10.1. The molecule has 2 heterocycles. The molecule has 0 radical (unpaired) electrons. The molecule has 0 aromatic heterocycles. The third-order valence-electron chi connectivity index (χ3n) is 6.06. The minimum Gasteiger partial charge on any atom is -0.352 e. The molecule has 29 heavy (non-hydrogen) atoms. The number of nitrogens with one attached hydrogen (secondary N) is 1. The first-order valence-electron chi connectivity index (χ1n) is 10.8. The average molecular weight is 416 g/mol. The molecule has 1 N–H and O–H groups in total. The van der Waals surface area contributed by atoms with Crippen LogP contribution in [0.15, 0.2) is 29.2 Å². The van der Waals surface area contributed by atoms with Crippen LogP contribution in [0.1, 0.15) is 51.4 Å². The highest BCUT2D eigenvalue weighted by Gasteiger charge is 2.41. The first kappa shape index (κ1) is 20.3. The molecule has 1 aromatic rings. The van der Waals surface area contributed by atoms with Gasteiger partial charge in [-0.2, -0.15) is 0 Å². The van der Waals surface area contributed by atoms with Gasteiger partial charge in [0.25, 0.3) is 5.91 Å². The highest BCUT2D eigenvalue weighted by molar-refractivity contribution is 8.01. The largest absolute Gasteiger partial charge is 0.352 e. The number of carbonyl (C=O) groups excluding carboxylic acids is 3. The fourth-order valence-corrected chi connectivity index (χ4v) is 5.67. The fraction of sp³-hybridized carbons (Fsp3) is 0.591. The number of benzene rings is 1. The Labute approximate surface area is 176 Å². The number of rotatable bonds is 4. The van der Waals surface area contributed by atoms with Crippen molar-refractivity contribution in [1.82, 2.24) is 10.2 Å². The van der Waals surface area contributed by atoms with Gasteiger partial charge >= 0.3 is 0 Å². The van der Waals surface area contributed by atoms with Gasteiger partial charge < -0.3 is 15.1 Å². The van der Waals surface area contributed by atoms with Crippen LogP contribution in [0.5, 0.6) is 0 Å². The Morgan fingerprint density at radius 3 is 2.41 bits per heavy atom. The van der Waals surface area contributed by atoms with Crippen molar-refractivity contribution >= 4 is 35.2 Å². The molecule has 1 atom stereocenters. The summed E-state index contributed by atoms with van der Waals surface area (Å²) >= 11 is 1.32. The summed E-state index contributed by atoms with van der Waals surface area (Å²) in [6.45, 7) is 1.40. The second kappa shape index (κ2) is 9.20. The van der Waals surface area contributed by atoms with Gasteiger partial charge in [-0.3, -0.25) is 14.4 Å². The summed E-state index contributed by atoms with van der Waals surface area (Å²) in [6.07, 6.45) is 8.70. The second-order valence-electron chi connectivity index (χ2n) is 8.18. The number of nitrogens with zero attached hydrogens (tertiary/aromatic N) is 2. The maximum atomic E-state index is 13.2. The Kier molecular flexibility index (Phi) is 6.43. The van der Waals surface area contributed by atoms with Gasteiger partial charge in [0.1, 0.15) is 6.54 Å². The Balaban J connectivity index is 1.50. The monoisotopic (exact) mass is 415 g/mol. The van der Waals surface area contributed by atoms with Gasteiger partial charge in [0, 0.05) is 24.0 Å². The first-order chi connectivity index (χ1) is 14.1. The first-order valence-corrected chi connectivity index (χ1v) is 11.7. The maximum Gasteiger partial charge on any atom is 0.250 e. The van der Waals surface area contributed by atoms with Crippen molar-refractivity contribution in [2.75, 3.05) is 24.5 Å². The van der Waals surface area contributed by atoms with E-state index in [1.165, 1.54) is 29.5 Å². The Hall–Kier alpha value is -2.02. The van der Waals surface area contributed by atoms with E-state index in [0.29, 0.717) is 13.1 Å². The number of hydrogen-bond donors (Lipinski definition) is 1. The van der Waals surface area contributed by atoms with E-state index in [1.807, 2.05) is 24.3 Å². The van der Waals surface area contributed by atoms with Crippen LogP contribution in [-0.4, -0.2) is 53.5 Å². The minimum absolute atomic E-state index is 0.0311. The van der Waals surface area contributed by atoms with E-state index in [1.54, 1.807) is 4.90 Å². The smallest absolute Gasteiger partial charge is 0.250 e. The minimum atomic E-state index is -0.798. The van der Waals surface area contributed by atoms with Crippen LogP contribution in [0.25, 0.3) is 0 Å². The normalized spacial score (nSPS) is 22.9. The highest BCUT2D eigenvalue weighted by Crippen LogP contribution is 2.40. The van der Waals surface area contributed by atoms with E-state index in [9.17, 15) is 14.4 Å². The SMILES string of the molecule is O=C(CN1C(=O)[C@H](C(=O)N2CCCC2)Sc2ccccc21)NC1CCCCCC1. The van der Waals surface area contributed by atoms with Gasteiger partial charge in [-0.05, 0) is 37.8 Å². The Morgan fingerprint density at radius 1 is 1.00 bits per heavy atom. The van der Waals surface area contributed by atoms with E-state index >= 15 is 0 Å². The van der Waals surface area contributed by atoms with Crippen molar-refractivity contribution < 1.29 is 14.4 Å². The van der Waals surface area contributed by atoms with Crippen molar-refractivity contribution in [3.8, 4) is 0 Å². The van der Waals surface area contributed by atoms with Gasteiger partial charge in [-0.25, -0.2) is 0 Å². The third kappa shape index (κ3) is 4.60. The lowest BCUT2D eigenvalue weighted by Crippen LogP contribution is -2.52. The van der Waals surface area contributed by atoms with Gasteiger partial charge in [0.15, 0.2) is 5.25 Å². The molecule has 2 aliphatic heterocycles. The van der Waals surface area contributed by atoms with Crippen molar-refractivity contribution in [3.05, 3.63) is 24.3 Å². The van der Waals surface area contributed by atoms with Crippen LogP contribution in [0, 0.1) is 0 Å². The lowest BCUT2D eigenvalue weighted by molar-refractivity contribution is -0.134. The molecular weight excluding hydrogens is 386 g/mol. The Bertz CT molecular complexity index is 770. The number of anilines is 1. The zero-order valence-electron chi connectivity index (χ0n) is 16.8.